The van der Waals surface area contributed by atoms with Crippen molar-refractivity contribution >= 4 is 23.5 Å². The van der Waals surface area contributed by atoms with E-state index in [1.54, 1.807) is 70.5 Å². The Balaban J connectivity index is 1.21. The number of ether oxygens (including phenoxy) is 2. The minimum absolute atomic E-state index is 0.0504. The molecule has 0 aliphatic carbocycles. The maximum absolute atomic E-state index is 14.7. The van der Waals surface area contributed by atoms with Crippen LogP contribution in [-0.2, 0) is 11.3 Å². The van der Waals surface area contributed by atoms with Crippen molar-refractivity contribution in [3.8, 4) is 22.6 Å². The summed E-state index contributed by atoms with van der Waals surface area (Å²) < 4.78 is 28.3. The summed E-state index contributed by atoms with van der Waals surface area (Å²) in [5.74, 6) is -0.578. The fraction of sp³-hybridized carbons (Fsp3) is 0.212. The molecule has 0 unspecified atom stereocenters. The molecule has 232 valence electrons. The molecule has 12 nitrogen and oxygen atoms in total. The van der Waals surface area contributed by atoms with Gasteiger partial charge in [0.05, 0.1) is 11.6 Å². The van der Waals surface area contributed by atoms with Gasteiger partial charge >= 0.3 is 0 Å². The summed E-state index contributed by atoms with van der Waals surface area (Å²) in [5.41, 5.74) is 2.41. The van der Waals surface area contributed by atoms with Crippen molar-refractivity contribution in [1.29, 1.82) is 0 Å². The van der Waals surface area contributed by atoms with Gasteiger partial charge in [-0.2, -0.15) is 0 Å². The van der Waals surface area contributed by atoms with Crippen LogP contribution in [0.1, 0.15) is 32.8 Å². The number of carbonyl (C=O) groups is 3. The third-order valence-electron chi connectivity index (χ3n) is 7.85. The molecule has 0 radical (unpaired) electrons. The molecule has 7 rings (SSSR count). The number of amides is 3. The van der Waals surface area contributed by atoms with Crippen LogP contribution in [-0.4, -0.2) is 73.8 Å². The largest absolute Gasteiger partial charge is 0.488 e. The second kappa shape index (κ2) is 12.3. The number of fused-ring (bicyclic) bond motifs is 9. The first-order valence-electron chi connectivity index (χ1n) is 14.7. The third kappa shape index (κ3) is 6.20. The number of hydrogen-bond acceptors (Lipinski definition) is 8. The highest BCUT2D eigenvalue weighted by Gasteiger charge is 2.35. The summed E-state index contributed by atoms with van der Waals surface area (Å²) in [6, 6.07) is 14.1. The van der Waals surface area contributed by atoms with Gasteiger partial charge in [0.15, 0.2) is 6.61 Å². The molecule has 3 amide bonds. The minimum Gasteiger partial charge on any atom is -0.488 e. The molecule has 46 heavy (non-hydrogen) atoms. The number of nitrogens with one attached hydrogen (secondary N) is 2. The molecule has 1 fully saturated rings. The van der Waals surface area contributed by atoms with Gasteiger partial charge in [0.1, 0.15) is 29.1 Å². The molecule has 5 heterocycles. The van der Waals surface area contributed by atoms with Crippen molar-refractivity contribution in [2.24, 2.45) is 0 Å². The zero-order valence-electron chi connectivity index (χ0n) is 24.4. The Morgan fingerprint density at radius 3 is 2.78 bits per heavy atom. The molecule has 2 aromatic carbocycles. The number of benzene rings is 2. The van der Waals surface area contributed by atoms with E-state index in [2.05, 4.69) is 25.6 Å². The Morgan fingerprint density at radius 2 is 1.89 bits per heavy atom. The maximum atomic E-state index is 14.7. The summed E-state index contributed by atoms with van der Waals surface area (Å²) >= 11 is 0. The Bertz CT molecular complexity index is 1930. The standard InChI is InChI=1S/C33H28FN7O5/c34-24-9-20-10-26(13-24)46-29-5-8-40(32(44)28-18-41-7-2-6-36-33(41)39-28)17-27(29)38-31(43)23-11-22(15-35-16-23)21-3-1-4-25(12-21)45-19-30(42)37-14-20/h1-4,6-7,9-13,15-16,18,27,29H,5,8,14,17,19H2,(H,37,42)(H,38,43)/t27-,29+/m1/s1. The van der Waals surface area contributed by atoms with E-state index >= 15 is 0 Å². The lowest BCUT2D eigenvalue weighted by Gasteiger charge is -2.38. The van der Waals surface area contributed by atoms with Crippen LogP contribution in [0, 0.1) is 5.82 Å². The van der Waals surface area contributed by atoms with Crippen LogP contribution in [0.4, 0.5) is 4.39 Å². The van der Waals surface area contributed by atoms with Crippen LogP contribution >= 0.6 is 0 Å². The number of pyridine rings is 1. The smallest absolute Gasteiger partial charge is 0.274 e. The van der Waals surface area contributed by atoms with Crippen molar-refractivity contribution in [1.82, 2.24) is 34.9 Å². The highest BCUT2D eigenvalue weighted by molar-refractivity contribution is 5.96. The van der Waals surface area contributed by atoms with Crippen molar-refractivity contribution < 1.29 is 28.2 Å². The number of likely N-dealkylation sites (tertiary alicyclic amines) is 1. The monoisotopic (exact) mass is 621 g/mol. The van der Waals surface area contributed by atoms with E-state index in [0.29, 0.717) is 41.2 Å². The van der Waals surface area contributed by atoms with Crippen molar-refractivity contribution in [3.05, 3.63) is 108 Å². The minimum atomic E-state index is -0.672. The van der Waals surface area contributed by atoms with Gasteiger partial charge in [-0.05, 0) is 47.5 Å². The molecule has 6 bridgehead atoms. The van der Waals surface area contributed by atoms with Gasteiger partial charge in [-0.3, -0.25) is 23.8 Å². The lowest BCUT2D eigenvalue weighted by atomic mass is 10.00. The number of imidazole rings is 1. The molecule has 1 saturated heterocycles. The molecule has 2 atom stereocenters. The quantitative estimate of drug-likeness (QED) is 0.291. The second-order valence-corrected chi connectivity index (χ2v) is 11.1. The first-order chi connectivity index (χ1) is 22.4. The van der Waals surface area contributed by atoms with Gasteiger partial charge in [-0.25, -0.2) is 14.4 Å². The normalized spacial score (nSPS) is 18.5. The van der Waals surface area contributed by atoms with Gasteiger partial charge in [0.25, 0.3) is 17.7 Å². The van der Waals surface area contributed by atoms with Crippen LogP contribution in [0.15, 0.2) is 85.6 Å². The molecule has 13 heteroatoms. The number of aromatic nitrogens is 4. The van der Waals surface area contributed by atoms with Gasteiger partial charge in [-0.15, -0.1) is 0 Å². The number of nitrogens with zero attached hydrogens (tertiary/aromatic N) is 5. The van der Waals surface area contributed by atoms with Crippen molar-refractivity contribution in [2.45, 2.75) is 25.1 Å². The van der Waals surface area contributed by atoms with E-state index in [0.717, 1.165) is 5.56 Å². The molecule has 0 saturated carbocycles. The first-order valence-corrected chi connectivity index (χ1v) is 14.7. The predicted octanol–water partition coefficient (Wildman–Crippen LogP) is 3.03. The van der Waals surface area contributed by atoms with Crippen LogP contribution < -0.4 is 20.1 Å². The summed E-state index contributed by atoms with van der Waals surface area (Å²) in [6.45, 7) is 0.228. The zero-order valence-corrected chi connectivity index (χ0v) is 24.4. The molecule has 0 spiro atoms. The molecule has 2 aliphatic heterocycles. The molecule has 2 aliphatic rings. The number of rotatable bonds is 1. The average molecular weight is 622 g/mol. The first kappa shape index (κ1) is 28.9. The third-order valence-corrected chi connectivity index (χ3v) is 7.85. The van der Waals surface area contributed by atoms with E-state index in [-0.39, 0.29) is 43.0 Å². The fourth-order valence-corrected chi connectivity index (χ4v) is 5.59. The van der Waals surface area contributed by atoms with E-state index < -0.39 is 23.9 Å². The maximum Gasteiger partial charge on any atom is 0.274 e. The number of piperidine rings is 1. The molecule has 2 N–H and O–H groups in total. The fourth-order valence-electron chi connectivity index (χ4n) is 5.59. The Labute approximate surface area is 262 Å². The van der Waals surface area contributed by atoms with Crippen LogP contribution in [0.2, 0.25) is 0 Å². The highest BCUT2D eigenvalue weighted by atomic mass is 19.1. The number of hydrogen-bond donors (Lipinski definition) is 2. The lowest BCUT2D eigenvalue weighted by Crippen LogP contribution is -2.58. The molecular formula is C33H28FN7O5. The Hall–Kier alpha value is -5.85. The second-order valence-electron chi connectivity index (χ2n) is 11.1. The van der Waals surface area contributed by atoms with Gasteiger partial charge in [0, 0.05) is 68.7 Å². The van der Waals surface area contributed by atoms with Gasteiger partial charge < -0.3 is 25.0 Å². The van der Waals surface area contributed by atoms with Crippen molar-refractivity contribution in [3.63, 3.8) is 0 Å². The van der Waals surface area contributed by atoms with E-state index in [9.17, 15) is 18.8 Å². The summed E-state index contributed by atoms with van der Waals surface area (Å²) in [6.07, 6.45) is 7.78. The van der Waals surface area contributed by atoms with E-state index in [4.69, 9.17) is 9.47 Å². The lowest BCUT2D eigenvalue weighted by molar-refractivity contribution is -0.123. The summed E-state index contributed by atoms with van der Waals surface area (Å²) in [5, 5.41) is 5.77. The highest BCUT2D eigenvalue weighted by Crippen LogP contribution is 2.26. The van der Waals surface area contributed by atoms with Gasteiger partial charge in [0.2, 0.25) is 5.78 Å². The summed E-state index contributed by atoms with van der Waals surface area (Å²) in [7, 11) is 0. The van der Waals surface area contributed by atoms with Crippen LogP contribution in [0.5, 0.6) is 11.5 Å². The van der Waals surface area contributed by atoms with E-state index in [1.165, 1.54) is 18.3 Å². The summed E-state index contributed by atoms with van der Waals surface area (Å²) in [4.78, 5) is 54.2. The Kier molecular flexibility index (Phi) is 7.71. The average Bonchev–Trinajstić information content (AvgIpc) is 3.51. The Morgan fingerprint density at radius 1 is 1.00 bits per heavy atom. The molecular weight excluding hydrogens is 593 g/mol. The predicted molar refractivity (Wildman–Crippen MR) is 163 cm³/mol. The zero-order chi connectivity index (χ0) is 31.6. The van der Waals surface area contributed by atoms with Crippen LogP contribution in [0.3, 0.4) is 0 Å². The number of carbonyl (C=O) groups excluding carboxylic acids is 3. The topological polar surface area (TPSA) is 140 Å². The van der Waals surface area contributed by atoms with Crippen LogP contribution in [0.25, 0.3) is 16.9 Å². The van der Waals surface area contributed by atoms with Gasteiger partial charge in [-0.1, -0.05) is 12.1 Å². The number of halogens is 1. The van der Waals surface area contributed by atoms with Crippen molar-refractivity contribution in [2.75, 3.05) is 19.7 Å². The molecule has 5 aromatic rings. The van der Waals surface area contributed by atoms with E-state index in [1.807, 2.05) is 6.07 Å². The SMILES string of the molecule is O=C1COc2cccc(c2)-c2cncc(c2)C(=O)N[C@@H]2CN(C(=O)c3cn4cccnc4n3)CC[C@@H]2Oc2cc(F)cc(c2)CN1. The molecule has 3 aromatic heterocycles.